The lowest BCUT2D eigenvalue weighted by Crippen LogP contribution is -2.39. The number of halogens is 2. The highest BCUT2D eigenvalue weighted by atomic mass is 35.5. The van der Waals surface area contributed by atoms with Crippen molar-refractivity contribution in [2.45, 2.75) is 0 Å². The molecule has 3 N–H and O–H groups in total. The Morgan fingerprint density at radius 1 is 1.19 bits per heavy atom. The van der Waals surface area contributed by atoms with Crippen LogP contribution in [-0.2, 0) is 9.59 Å². The quantitative estimate of drug-likeness (QED) is 0.606. The van der Waals surface area contributed by atoms with Gasteiger partial charge in [-0.05, 0) is 36.4 Å². The van der Waals surface area contributed by atoms with Crippen molar-refractivity contribution in [2.24, 2.45) is 0 Å². The number of aromatic nitrogens is 2. The molecule has 3 aromatic rings. The molecular weight excluding hydrogens is 391 g/mol. The van der Waals surface area contributed by atoms with E-state index in [2.05, 4.69) is 15.3 Å². The monoisotopic (exact) mass is 406 g/mol. The molecule has 0 unspecified atom stereocenters. The molecule has 27 heavy (non-hydrogen) atoms. The third-order valence-corrected chi connectivity index (χ3v) is 4.44. The summed E-state index contributed by atoms with van der Waals surface area (Å²) in [6, 6.07) is 10.4. The van der Waals surface area contributed by atoms with E-state index in [-0.39, 0.29) is 12.5 Å². The smallest absolute Gasteiger partial charge is 0.246 e. The Labute approximate surface area is 164 Å². The summed E-state index contributed by atoms with van der Waals surface area (Å²) in [5, 5.41) is 12.1. The van der Waals surface area contributed by atoms with Crippen molar-refractivity contribution in [2.75, 3.05) is 25.1 Å². The molecule has 0 bridgehead atoms. The molecule has 0 atom stereocenters. The number of hydrogen-bond acceptors (Lipinski definition) is 4. The molecule has 0 aliphatic heterocycles. The van der Waals surface area contributed by atoms with E-state index in [1.165, 1.54) is 4.90 Å². The Kier molecular flexibility index (Phi) is 5.65. The lowest BCUT2D eigenvalue weighted by molar-refractivity contribution is -0.126. The summed E-state index contributed by atoms with van der Waals surface area (Å²) < 4.78 is 0. The molecule has 9 heteroatoms. The van der Waals surface area contributed by atoms with Crippen LogP contribution in [-0.4, -0.2) is 47.1 Å². The molecule has 2 amide bonds. The van der Waals surface area contributed by atoms with E-state index in [0.29, 0.717) is 27.1 Å². The highest BCUT2D eigenvalue weighted by Gasteiger charge is 2.18. The van der Waals surface area contributed by atoms with Gasteiger partial charge in [0, 0.05) is 22.7 Å². The minimum atomic E-state index is -0.676. The molecule has 7 nitrogen and oxygen atoms in total. The van der Waals surface area contributed by atoms with Gasteiger partial charge < -0.3 is 20.3 Å². The van der Waals surface area contributed by atoms with Crippen LogP contribution in [0.2, 0.25) is 10.0 Å². The first kappa shape index (κ1) is 19.2. The number of anilines is 1. The third-order valence-electron chi connectivity index (χ3n) is 3.97. The summed E-state index contributed by atoms with van der Waals surface area (Å²) >= 11 is 12.2. The number of fused-ring (bicyclic) bond motifs is 1. The SMILES string of the molecule is CN(C(=O)CNC(=O)CO)c1ccc(Cl)cc1-c1nc2ccc(Cl)cc2[nH]1. The molecule has 0 spiro atoms. The Morgan fingerprint density at radius 3 is 2.63 bits per heavy atom. The van der Waals surface area contributed by atoms with E-state index < -0.39 is 12.5 Å². The Hall–Kier alpha value is -2.61. The predicted octanol–water partition coefficient (Wildman–Crippen LogP) is 2.61. The number of likely N-dealkylation sites (N-methyl/N-ethyl adjacent to an activating group) is 1. The Balaban J connectivity index is 1.97. The zero-order chi connectivity index (χ0) is 19.6. The van der Waals surface area contributed by atoms with Crippen LogP contribution in [0.25, 0.3) is 22.4 Å². The molecule has 1 aromatic heterocycles. The molecule has 0 saturated heterocycles. The zero-order valence-corrected chi connectivity index (χ0v) is 15.8. The fourth-order valence-electron chi connectivity index (χ4n) is 2.58. The van der Waals surface area contributed by atoms with E-state index in [1.54, 1.807) is 43.4 Å². The second-order valence-electron chi connectivity index (χ2n) is 5.80. The normalized spacial score (nSPS) is 10.8. The average Bonchev–Trinajstić information content (AvgIpc) is 3.08. The zero-order valence-electron chi connectivity index (χ0n) is 14.3. The van der Waals surface area contributed by atoms with Crippen molar-refractivity contribution in [3.8, 4) is 11.4 Å². The number of nitrogens with one attached hydrogen (secondary N) is 2. The van der Waals surface area contributed by atoms with Crippen LogP contribution in [0.15, 0.2) is 36.4 Å². The minimum Gasteiger partial charge on any atom is -0.387 e. The molecule has 0 aliphatic rings. The number of aromatic amines is 1. The average molecular weight is 407 g/mol. The van der Waals surface area contributed by atoms with E-state index in [0.717, 1.165) is 11.0 Å². The molecule has 0 radical (unpaired) electrons. The Bertz CT molecular complexity index is 1020. The van der Waals surface area contributed by atoms with E-state index >= 15 is 0 Å². The summed E-state index contributed by atoms with van der Waals surface area (Å²) in [6.07, 6.45) is 0. The van der Waals surface area contributed by atoms with Gasteiger partial charge >= 0.3 is 0 Å². The maximum Gasteiger partial charge on any atom is 0.246 e. The first-order chi connectivity index (χ1) is 12.9. The number of nitrogens with zero attached hydrogens (tertiary/aromatic N) is 2. The highest BCUT2D eigenvalue weighted by Crippen LogP contribution is 2.33. The molecule has 0 aliphatic carbocycles. The lowest BCUT2D eigenvalue weighted by Gasteiger charge is -2.20. The van der Waals surface area contributed by atoms with Crippen molar-refractivity contribution in [1.29, 1.82) is 0 Å². The summed E-state index contributed by atoms with van der Waals surface area (Å²) in [6.45, 7) is -0.918. The van der Waals surface area contributed by atoms with Gasteiger partial charge in [-0.2, -0.15) is 0 Å². The molecule has 140 valence electrons. The number of aliphatic hydroxyl groups is 1. The molecule has 1 heterocycles. The number of hydrogen-bond donors (Lipinski definition) is 3. The number of amides is 2. The number of H-pyrrole nitrogens is 1. The van der Waals surface area contributed by atoms with Crippen molar-refractivity contribution in [3.63, 3.8) is 0 Å². The van der Waals surface area contributed by atoms with Gasteiger partial charge in [-0.15, -0.1) is 0 Å². The lowest BCUT2D eigenvalue weighted by atomic mass is 10.1. The Morgan fingerprint density at radius 2 is 1.89 bits per heavy atom. The van der Waals surface area contributed by atoms with Crippen molar-refractivity contribution >= 4 is 51.7 Å². The van der Waals surface area contributed by atoms with Crippen LogP contribution in [0.3, 0.4) is 0 Å². The number of rotatable bonds is 5. The summed E-state index contributed by atoms with van der Waals surface area (Å²) in [4.78, 5) is 32.7. The number of aliphatic hydroxyl groups excluding tert-OH is 1. The van der Waals surface area contributed by atoms with Gasteiger partial charge in [-0.3, -0.25) is 9.59 Å². The molecular formula is C18H16Cl2N4O3. The standard InChI is InChI=1S/C18H16Cl2N4O3/c1-24(17(27)8-21-16(26)9-25)15-5-3-10(19)6-12(15)18-22-13-4-2-11(20)7-14(13)23-18/h2-7,25H,8-9H2,1H3,(H,21,26)(H,22,23). The maximum absolute atomic E-state index is 12.4. The van der Waals surface area contributed by atoms with Gasteiger partial charge in [0.1, 0.15) is 12.4 Å². The summed E-state index contributed by atoms with van der Waals surface area (Å²) in [5.74, 6) is -0.453. The fraction of sp³-hybridized carbons (Fsp3) is 0.167. The largest absolute Gasteiger partial charge is 0.387 e. The maximum atomic E-state index is 12.4. The van der Waals surface area contributed by atoms with Gasteiger partial charge in [-0.1, -0.05) is 23.2 Å². The van der Waals surface area contributed by atoms with Gasteiger partial charge in [0.25, 0.3) is 0 Å². The predicted molar refractivity (Wildman–Crippen MR) is 105 cm³/mol. The van der Waals surface area contributed by atoms with Gasteiger partial charge in [0.05, 0.1) is 23.3 Å². The number of carbonyl (C=O) groups excluding carboxylic acids is 2. The van der Waals surface area contributed by atoms with Crippen LogP contribution in [0.5, 0.6) is 0 Å². The number of carbonyl (C=O) groups is 2. The second kappa shape index (κ2) is 7.96. The van der Waals surface area contributed by atoms with Crippen molar-refractivity contribution in [1.82, 2.24) is 15.3 Å². The number of benzene rings is 2. The van der Waals surface area contributed by atoms with Gasteiger partial charge in [0.15, 0.2) is 0 Å². The van der Waals surface area contributed by atoms with Crippen LogP contribution in [0.1, 0.15) is 0 Å². The van der Waals surface area contributed by atoms with Crippen molar-refractivity contribution in [3.05, 3.63) is 46.4 Å². The first-order valence-electron chi connectivity index (χ1n) is 7.98. The van der Waals surface area contributed by atoms with E-state index in [1.807, 2.05) is 0 Å². The minimum absolute atomic E-state index is 0.242. The van der Waals surface area contributed by atoms with Crippen LogP contribution in [0, 0.1) is 0 Å². The fourth-order valence-corrected chi connectivity index (χ4v) is 2.93. The molecule has 3 rings (SSSR count). The summed E-state index contributed by atoms with van der Waals surface area (Å²) in [5.41, 5.74) is 2.67. The van der Waals surface area contributed by atoms with Crippen LogP contribution in [0.4, 0.5) is 5.69 Å². The van der Waals surface area contributed by atoms with Crippen LogP contribution < -0.4 is 10.2 Å². The second-order valence-corrected chi connectivity index (χ2v) is 6.67. The van der Waals surface area contributed by atoms with Crippen LogP contribution >= 0.6 is 23.2 Å². The van der Waals surface area contributed by atoms with Crippen molar-refractivity contribution < 1.29 is 14.7 Å². The first-order valence-corrected chi connectivity index (χ1v) is 8.74. The number of imidazole rings is 1. The van der Waals surface area contributed by atoms with Gasteiger partial charge in [0.2, 0.25) is 11.8 Å². The third kappa shape index (κ3) is 4.21. The van der Waals surface area contributed by atoms with E-state index in [9.17, 15) is 9.59 Å². The molecule has 0 saturated carbocycles. The van der Waals surface area contributed by atoms with Gasteiger partial charge in [-0.25, -0.2) is 4.98 Å². The highest BCUT2D eigenvalue weighted by molar-refractivity contribution is 6.31. The summed E-state index contributed by atoms with van der Waals surface area (Å²) in [7, 11) is 1.58. The molecule has 2 aromatic carbocycles. The molecule has 0 fully saturated rings. The topological polar surface area (TPSA) is 98.3 Å². The van der Waals surface area contributed by atoms with E-state index in [4.69, 9.17) is 28.3 Å².